The molecule has 0 radical (unpaired) electrons. The summed E-state index contributed by atoms with van der Waals surface area (Å²) in [5, 5.41) is 5.24. The highest BCUT2D eigenvalue weighted by Crippen LogP contribution is 2.12. The number of anilines is 1. The Balaban J connectivity index is 2.70. The third kappa shape index (κ3) is 4.87. The molecule has 0 fully saturated rings. The van der Waals surface area contributed by atoms with Gasteiger partial charge < -0.3 is 15.4 Å². The molecule has 0 aliphatic heterocycles. The van der Waals surface area contributed by atoms with E-state index in [1.54, 1.807) is 24.3 Å². The molecule has 1 aromatic rings. The first-order valence-corrected chi connectivity index (χ1v) is 7.15. The van der Waals surface area contributed by atoms with Gasteiger partial charge in [0.2, 0.25) is 0 Å². The zero-order valence-electron chi connectivity index (χ0n) is 13.3. The number of hydrogen-bond acceptors (Lipinski definition) is 4. The van der Waals surface area contributed by atoms with Crippen LogP contribution >= 0.6 is 0 Å². The van der Waals surface area contributed by atoms with E-state index in [1.165, 1.54) is 14.0 Å². The molecule has 2 atom stereocenters. The molecule has 6 heteroatoms. The number of esters is 1. The van der Waals surface area contributed by atoms with Crippen LogP contribution in [0.1, 0.15) is 37.6 Å². The number of benzene rings is 1. The van der Waals surface area contributed by atoms with Crippen molar-refractivity contribution in [3.05, 3.63) is 29.8 Å². The number of carbonyl (C=O) groups excluding carboxylic acids is 3. The number of nitrogens with one attached hydrogen (secondary N) is 2. The van der Waals surface area contributed by atoms with E-state index in [0.717, 1.165) is 6.42 Å². The molecule has 0 aliphatic carbocycles. The van der Waals surface area contributed by atoms with Crippen molar-refractivity contribution in [2.75, 3.05) is 12.4 Å². The summed E-state index contributed by atoms with van der Waals surface area (Å²) < 4.78 is 4.71. The average molecular weight is 306 g/mol. The number of hydrogen-bond donors (Lipinski definition) is 2. The highest BCUT2D eigenvalue weighted by Gasteiger charge is 2.26. The lowest BCUT2D eigenvalue weighted by Crippen LogP contribution is -2.47. The molecule has 0 saturated carbocycles. The second-order valence-electron chi connectivity index (χ2n) is 5.12. The van der Waals surface area contributed by atoms with Crippen LogP contribution in [0.2, 0.25) is 0 Å². The van der Waals surface area contributed by atoms with Gasteiger partial charge in [0.15, 0.2) is 5.78 Å². The zero-order valence-corrected chi connectivity index (χ0v) is 13.3. The quantitative estimate of drug-likeness (QED) is 0.625. The van der Waals surface area contributed by atoms with E-state index in [0.29, 0.717) is 11.3 Å². The van der Waals surface area contributed by atoms with E-state index in [-0.39, 0.29) is 11.7 Å². The lowest BCUT2D eigenvalue weighted by Gasteiger charge is -2.22. The first-order chi connectivity index (χ1) is 10.4. The summed E-state index contributed by atoms with van der Waals surface area (Å²) in [6, 6.07) is 5.33. The molecule has 1 aromatic carbocycles. The van der Waals surface area contributed by atoms with E-state index in [9.17, 15) is 14.4 Å². The number of amides is 2. The van der Waals surface area contributed by atoms with Crippen LogP contribution in [0.25, 0.3) is 0 Å². The fourth-order valence-corrected chi connectivity index (χ4v) is 1.89. The van der Waals surface area contributed by atoms with Crippen molar-refractivity contribution in [2.24, 2.45) is 5.92 Å². The van der Waals surface area contributed by atoms with Gasteiger partial charge in [0.25, 0.3) is 0 Å². The van der Waals surface area contributed by atoms with Crippen molar-refractivity contribution in [1.82, 2.24) is 5.32 Å². The van der Waals surface area contributed by atoms with Crippen molar-refractivity contribution >= 4 is 23.5 Å². The maximum atomic E-state index is 12.0. The number of carbonyl (C=O) groups is 3. The molecule has 0 unspecified atom stereocenters. The van der Waals surface area contributed by atoms with Gasteiger partial charge in [-0.3, -0.25) is 4.79 Å². The Morgan fingerprint density at radius 1 is 1.18 bits per heavy atom. The fraction of sp³-hybridized carbons (Fsp3) is 0.438. The first kappa shape index (κ1) is 17.7. The van der Waals surface area contributed by atoms with Gasteiger partial charge in [-0.05, 0) is 37.1 Å². The highest BCUT2D eigenvalue weighted by molar-refractivity contribution is 5.96. The minimum atomic E-state index is -0.702. The molecule has 0 aromatic heterocycles. The van der Waals surface area contributed by atoms with Crippen molar-refractivity contribution in [3.8, 4) is 0 Å². The van der Waals surface area contributed by atoms with E-state index in [1.807, 2.05) is 13.8 Å². The summed E-state index contributed by atoms with van der Waals surface area (Å²) in [5.74, 6) is -0.562. The Hall–Kier alpha value is -2.37. The number of rotatable bonds is 6. The molecule has 0 heterocycles. The third-order valence-electron chi connectivity index (χ3n) is 3.50. The second-order valence-corrected chi connectivity index (χ2v) is 5.12. The van der Waals surface area contributed by atoms with E-state index in [4.69, 9.17) is 4.74 Å². The molecule has 22 heavy (non-hydrogen) atoms. The predicted octanol–water partition coefficient (Wildman–Crippen LogP) is 2.60. The summed E-state index contributed by atoms with van der Waals surface area (Å²) in [7, 11) is 1.29. The summed E-state index contributed by atoms with van der Waals surface area (Å²) >= 11 is 0. The van der Waals surface area contributed by atoms with Gasteiger partial charge in [-0.15, -0.1) is 0 Å². The standard InChI is InChI=1S/C16H22N2O4/c1-5-10(2)14(15(20)22-4)18-16(21)17-13-8-6-12(7-9-13)11(3)19/h6-10,14H,5H2,1-4H3,(H2,17,18,21)/t10-,14-/m0/s1. The van der Waals surface area contributed by atoms with Crippen molar-refractivity contribution in [1.29, 1.82) is 0 Å². The van der Waals surface area contributed by atoms with Crippen LogP contribution < -0.4 is 10.6 Å². The maximum Gasteiger partial charge on any atom is 0.328 e. The fourth-order valence-electron chi connectivity index (χ4n) is 1.89. The number of ether oxygens (including phenoxy) is 1. The van der Waals surface area contributed by atoms with Gasteiger partial charge in [0, 0.05) is 11.3 Å². The smallest absolute Gasteiger partial charge is 0.328 e. The summed E-state index contributed by atoms with van der Waals surface area (Å²) in [6.07, 6.45) is 0.730. The van der Waals surface area contributed by atoms with Gasteiger partial charge in [0.05, 0.1) is 7.11 Å². The van der Waals surface area contributed by atoms with Crippen LogP contribution in [-0.4, -0.2) is 30.9 Å². The molecule has 120 valence electrons. The van der Waals surface area contributed by atoms with Crippen LogP contribution in [0.4, 0.5) is 10.5 Å². The molecule has 0 aliphatic rings. The molecule has 0 spiro atoms. The Kier molecular flexibility index (Phi) is 6.56. The number of methoxy groups -OCH3 is 1. The van der Waals surface area contributed by atoms with Crippen LogP contribution in [0.3, 0.4) is 0 Å². The van der Waals surface area contributed by atoms with E-state index < -0.39 is 18.0 Å². The molecule has 6 nitrogen and oxygen atoms in total. The normalized spacial score (nSPS) is 12.9. The van der Waals surface area contributed by atoms with E-state index >= 15 is 0 Å². The minimum Gasteiger partial charge on any atom is -0.467 e. The van der Waals surface area contributed by atoms with Crippen LogP contribution in [-0.2, 0) is 9.53 Å². The SMILES string of the molecule is CC[C@H](C)[C@H](NC(=O)Nc1ccc(C(C)=O)cc1)C(=O)OC. The Labute approximate surface area is 130 Å². The largest absolute Gasteiger partial charge is 0.467 e. The predicted molar refractivity (Wildman–Crippen MR) is 83.9 cm³/mol. The monoisotopic (exact) mass is 306 g/mol. The number of ketones is 1. The van der Waals surface area contributed by atoms with Gasteiger partial charge >= 0.3 is 12.0 Å². The lowest BCUT2D eigenvalue weighted by atomic mass is 9.99. The molecule has 2 N–H and O–H groups in total. The van der Waals surface area contributed by atoms with Crippen molar-refractivity contribution in [3.63, 3.8) is 0 Å². The summed E-state index contributed by atoms with van der Waals surface area (Å²) in [5.41, 5.74) is 1.10. The Bertz CT molecular complexity index is 540. The van der Waals surface area contributed by atoms with Gasteiger partial charge in [-0.1, -0.05) is 20.3 Å². The minimum absolute atomic E-state index is 0.0430. The molecule has 0 saturated heterocycles. The molecule has 0 bridgehead atoms. The van der Waals surface area contributed by atoms with Gasteiger partial charge in [0.1, 0.15) is 6.04 Å². The number of urea groups is 1. The van der Waals surface area contributed by atoms with Gasteiger partial charge in [-0.2, -0.15) is 0 Å². The van der Waals surface area contributed by atoms with Crippen molar-refractivity contribution < 1.29 is 19.1 Å². The topological polar surface area (TPSA) is 84.5 Å². The summed E-state index contributed by atoms with van der Waals surface area (Å²) in [6.45, 7) is 5.27. The molecule has 1 rings (SSSR count). The zero-order chi connectivity index (χ0) is 16.7. The van der Waals surface area contributed by atoms with Crippen LogP contribution in [0.15, 0.2) is 24.3 Å². The lowest BCUT2D eigenvalue weighted by molar-refractivity contribution is -0.144. The molecular formula is C16H22N2O4. The van der Waals surface area contributed by atoms with Crippen LogP contribution in [0.5, 0.6) is 0 Å². The first-order valence-electron chi connectivity index (χ1n) is 7.15. The van der Waals surface area contributed by atoms with Gasteiger partial charge in [-0.25, -0.2) is 9.59 Å². The van der Waals surface area contributed by atoms with Crippen LogP contribution in [0, 0.1) is 5.92 Å². The Morgan fingerprint density at radius 2 is 1.77 bits per heavy atom. The summed E-state index contributed by atoms with van der Waals surface area (Å²) in [4.78, 5) is 34.9. The van der Waals surface area contributed by atoms with Crippen molar-refractivity contribution in [2.45, 2.75) is 33.2 Å². The number of Topliss-reactive ketones (excluding diaryl/α,β-unsaturated/α-hetero) is 1. The third-order valence-corrected chi connectivity index (χ3v) is 3.50. The highest BCUT2D eigenvalue weighted by atomic mass is 16.5. The second kappa shape index (κ2) is 8.17. The van der Waals surface area contributed by atoms with E-state index in [2.05, 4.69) is 10.6 Å². The maximum absolute atomic E-state index is 12.0. The molecule has 2 amide bonds. The Morgan fingerprint density at radius 3 is 2.23 bits per heavy atom. The molecular weight excluding hydrogens is 284 g/mol. The average Bonchev–Trinajstić information content (AvgIpc) is 2.51.